The molecule has 0 aliphatic carbocycles. The van der Waals surface area contributed by atoms with E-state index in [9.17, 15) is 0 Å². The third-order valence-electron chi connectivity index (χ3n) is 4.27. The molecule has 0 aliphatic rings. The van der Waals surface area contributed by atoms with E-state index >= 15 is 0 Å². The molecule has 3 rings (SSSR count). The number of rotatable bonds is 7. The predicted octanol–water partition coefficient (Wildman–Crippen LogP) is 4.48. The highest BCUT2D eigenvalue weighted by molar-refractivity contribution is 5.76. The summed E-state index contributed by atoms with van der Waals surface area (Å²) in [6, 6.07) is 5.53. The lowest BCUT2D eigenvalue weighted by Crippen LogP contribution is -2.00. The van der Waals surface area contributed by atoms with Crippen LogP contribution in [-0.4, -0.2) is 35.9 Å². The van der Waals surface area contributed by atoms with E-state index in [1.54, 1.807) is 25.8 Å². The Morgan fingerprint density at radius 2 is 1.82 bits per heavy atom. The topological polar surface area (TPSA) is 69.9 Å². The van der Waals surface area contributed by atoms with Crippen LogP contribution in [-0.2, 0) is 0 Å². The molecule has 1 aromatic carbocycles. The van der Waals surface area contributed by atoms with Crippen LogP contribution < -0.4 is 19.5 Å². The van der Waals surface area contributed by atoms with Gasteiger partial charge in [-0.25, -0.2) is 9.50 Å². The van der Waals surface area contributed by atoms with Crippen molar-refractivity contribution < 1.29 is 14.2 Å². The van der Waals surface area contributed by atoms with Gasteiger partial charge in [-0.15, -0.1) is 0 Å². The molecule has 28 heavy (non-hydrogen) atoms. The molecule has 146 valence electrons. The Morgan fingerprint density at radius 1 is 1.11 bits per heavy atom. The quantitative estimate of drug-likeness (QED) is 0.610. The van der Waals surface area contributed by atoms with Crippen molar-refractivity contribution in [1.82, 2.24) is 14.6 Å². The fourth-order valence-corrected chi connectivity index (χ4v) is 2.85. The normalized spacial score (nSPS) is 11.8. The lowest BCUT2D eigenvalue weighted by Gasteiger charge is -2.15. The number of hydrogen-bond donors (Lipinski definition) is 1. The van der Waals surface area contributed by atoms with Crippen molar-refractivity contribution in [3.8, 4) is 17.2 Å². The van der Waals surface area contributed by atoms with Gasteiger partial charge in [0.15, 0.2) is 17.1 Å². The van der Waals surface area contributed by atoms with Crippen LogP contribution in [0.25, 0.3) is 11.2 Å². The van der Waals surface area contributed by atoms with Crippen molar-refractivity contribution in [3.05, 3.63) is 54.4 Å². The molecule has 0 amide bonds. The fourth-order valence-electron chi connectivity index (χ4n) is 2.85. The van der Waals surface area contributed by atoms with Gasteiger partial charge >= 0.3 is 0 Å². The summed E-state index contributed by atoms with van der Waals surface area (Å²) in [7, 11) is 4.75. The third kappa shape index (κ3) is 3.78. The summed E-state index contributed by atoms with van der Waals surface area (Å²) in [4.78, 5) is 4.72. The first-order valence-electron chi connectivity index (χ1n) is 8.82. The van der Waals surface area contributed by atoms with Gasteiger partial charge in [0, 0.05) is 29.6 Å². The van der Waals surface area contributed by atoms with Gasteiger partial charge in [-0.3, -0.25) is 0 Å². The fraction of sp³-hybridized carbons (Fsp3) is 0.238. The third-order valence-corrected chi connectivity index (χ3v) is 4.27. The Bertz CT molecular complexity index is 1010. The van der Waals surface area contributed by atoms with Crippen LogP contribution in [0.3, 0.4) is 0 Å². The Morgan fingerprint density at radius 3 is 2.43 bits per heavy atom. The average Bonchev–Trinajstić information content (AvgIpc) is 3.14. The number of fused-ring (bicyclic) bond motifs is 1. The number of methoxy groups -OCH3 is 3. The maximum absolute atomic E-state index is 5.41. The van der Waals surface area contributed by atoms with Crippen molar-refractivity contribution in [2.75, 3.05) is 26.6 Å². The van der Waals surface area contributed by atoms with Crippen molar-refractivity contribution in [2.24, 2.45) is 0 Å². The molecule has 3 aromatic rings. The summed E-state index contributed by atoms with van der Waals surface area (Å²) in [6.07, 6.45) is 9.71. The second-order valence-corrected chi connectivity index (χ2v) is 6.05. The van der Waals surface area contributed by atoms with Gasteiger partial charge in [-0.05, 0) is 25.5 Å². The van der Waals surface area contributed by atoms with E-state index in [2.05, 4.69) is 10.4 Å². The van der Waals surface area contributed by atoms with Crippen LogP contribution in [0.1, 0.15) is 19.4 Å². The molecule has 0 saturated carbocycles. The van der Waals surface area contributed by atoms with E-state index in [0.29, 0.717) is 23.1 Å². The van der Waals surface area contributed by atoms with Crippen LogP contribution in [0.4, 0.5) is 11.5 Å². The van der Waals surface area contributed by atoms with Gasteiger partial charge in [0.25, 0.3) is 0 Å². The Balaban J connectivity index is 1.99. The first kappa shape index (κ1) is 19.3. The molecule has 0 unspecified atom stereocenters. The first-order valence-corrected chi connectivity index (χ1v) is 8.82. The summed E-state index contributed by atoms with van der Waals surface area (Å²) in [5.74, 6) is 2.37. The van der Waals surface area contributed by atoms with Gasteiger partial charge in [-0.1, -0.05) is 18.2 Å². The molecule has 0 atom stereocenters. The van der Waals surface area contributed by atoms with Crippen LogP contribution in [0.2, 0.25) is 0 Å². The van der Waals surface area contributed by atoms with E-state index in [1.165, 1.54) is 0 Å². The SMILES string of the molecule is C/C=C\C=C(/C)c1cnn2ccc(Nc3cc(OC)c(OC)c(OC)c3)nc12. The zero-order chi connectivity index (χ0) is 20.1. The molecule has 1 N–H and O–H groups in total. The molecular formula is C21H24N4O3. The van der Waals surface area contributed by atoms with Gasteiger partial charge in [0.2, 0.25) is 5.75 Å². The monoisotopic (exact) mass is 380 g/mol. The summed E-state index contributed by atoms with van der Waals surface area (Å²) in [5, 5.41) is 7.67. The van der Waals surface area contributed by atoms with E-state index in [-0.39, 0.29) is 0 Å². The highest BCUT2D eigenvalue weighted by atomic mass is 16.5. The Kier molecular flexibility index (Phi) is 5.84. The van der Waals surface area contributed by atoms with Crippen LogP contribution >= 0.6 is 0 Å². The standard InChI is InChI=1S/C21H24N4O3/c1-6-7-8-14(2)16-13-22-25-10-9-19(24-21(16)25)23-15-11-17(26-3)20(28-5)18(12-15)27-4/h6-13H,1-5H3,(H,23,24)/b7-6-,14-8+. The van der Waals surface area contributed by atoms with Crippen molar-refractivity contribution in [2.45, 2.75) is 13.8 Å². The maximum atomic E-state index is 5.41. The largest absolute Gasteiger partial charge is 0.493 e. The number of nitrogens with one attached hydrogen (secondary N) is 1. The number of benzene rings is 1. The predicted molar refractivity (Wildman–Crippen MR) is 111 cm³/mol. The summed E-state index contributed by atoms with van der Waals surface area (Å²) in [6.45, 7) is 4.02. The minimum absolute atomic E-state index is 0.543. The maximum Gasteiger partial charge on any atom is 0.203 e. The molecule has 0 aliphatic heterocycles. The summed E-state index contributed by atoms with van der Waals surface area (Å²) in [5.41, 5.74) is 3.61. The number of hydrogen-bond acceptors (Lipinski definition) is 6. The zero-order valence-electron chi connectivity index (χ0n) is 16.7. The van der Waals surface area contributed by atoms with Gasteiger partial charge in [0.05, 0.1) is 27.5 Å². The van der Waals surface area contributed by atoms with Crippen LogP contribution in [0.5, 0.6) is 17.2 Å². The lowest BCUT2D eigenvalue weighted by atomic mass is 10.1. The molecule has 0 saturated heterocycles. The Labute approximate surface area is 164 Å². The molecular weight excluding hydrogens is 356 g/mol. The highest BCUT2D eigenvalue weighted by Crippen LogP contribution is 2.40. The highest BCUT2D eigenvalue weighted by Gasteiger charge is 2.14. The first-order chi connectivity index (χ1) is 13.6. The zero-order valence-corrected chi connectivity index (χ0v) is 16.7. The van der Waals surface area contributed by atoms with Gasteiger partial charge in [-0.2, -0.15) is 5.10 Å². The Hall–Kier alpha value is -3.48. The minimum Gasteiger partial charge on any atom is -0.493 e. The molecule has 2 aromatic heterocycles. The number of anilines is 2. The molecule has 0 spiro atoms. The molecule has 0 bridgehead atoms. The van der Waals surface area contributed by atoms with Crippen molar-refractivity contribution in [3.63, 3.8) is 0 Å². The molecule has 0 radical (unpaired) electrons. The van der Waals surface area contributed by atoms with Crippen molar-refractivity contribution in [1.29, 1.82) is 0 Å². The van der Waals surface area contributed by atoms with Gasteiger partial charge < -0.3 is 19.5 Å². The number of ether oxygens (including phenoxy) is 3. The second kappa shape index (κ2) is 8.47. The van der Waals surface area contributed by atoms with E-state index in [0.717, 1.165) is 22.5 Å². The van der Waals surface area contributed by atoms with Crippen LogP contribution in [0.15, 0.2) is 48.8 Å². The number of aromatic nitrogens is 3. The molecule has 0 fully saturated rings. The van der Waals surface area contributed by atoms with E-state index in [1.807, 2.05) is 62.7 Å². The summed E-state index contributed by atoms with van der Waals surface area (Å²) < 4.78 is 17.9. The number of allylic oxidation sites excluding steroid dienone is 4. The van der Waals surface area contributed by atoms with Crippen LogP contribution in [0, 0.1) is 0 Å². The average molecular weight is 380 g/mol. The lowest BCUT2D eigenvalue weighted by molar-refractivity contribution is 0.324. The number of nitrogens with zero attached hydrogens (tertiary/aromatic N) is 3. The second-order valence-electron chi connectivity index (χ2n) is 6.05. The molecule has 7 heteroatoms. The van der Waals surface area contributed by atoms with Gasteiger partial charge in [0.1, 0.15) is 5.82 Å². The minimum atomic E-state index is 0.543. The van der Waals surface area contributed by atoms with E-state index < -0.39 is 0 Å². The van der Waals surface area contributed by atoms with E-state index in [4.69, 9.17) is 19.2 Å². The summed E-state index contributed by atoms with van der Waals surface area (Å²) >= 11 is 0. The smallest absolute Gasteiger partial charge is 0.203 e. The molecule has 7 nitrogen and oxygen atoms in total. The molecule has 2 heterocycles. The van der Waals surface area contributed by atoms with Crippen molar-refractivity contribution >= 4 is 22.7 Å².